The van der Waals surface area contributed by atoms with Crippen molar-refractivity contribution in [1.82, 2.24) is 4.98 Å². The summed E-state index contributed by atoms with van der Waals surface area (Å²) in [6.07, 6.45) is 3.52. The molecule has 12 heavy (non-hydrogen) atoms. The van der Waals surface area contributed by atoms with E-state index in [-0.39, 0.29) is 0 Å². The fraction of sp³-hybridized carbons (Fsp3) is 0.300. The summed E-state index contributed by atoms with van der Waals surface area (Å²) in [6.45, 7) is 7.83. The number of nitrogen functional groups attached to an aromatic ring is 1. The van der Waals surface area contributed by atoms with Crippen LogP contribution in [-0.2, 0) is 0 Å². The summed E-state index contributed by atoms with van der Waals surface area (Å²) < 4.78 is 0. The van der Waals surface area contributed by atoms with Gasteiger partial charge in [-0.2, -0.15) is 0 Å². The molecule has 0 aliphatic carbocycles. The fourth-order valence-corrected chi connectivity index (χ4v) is 1.14. The van der Waals surface area contributed by atoms with Crippen molar-refractivity contribution in [3.8, 4) is 0 Å². The molecule has 1 rings (SSSR count). The molecule has 0 unspecified atom stereocenters. The number of nitrogens with two attached hydrogens (primary N) is 1. The van der Waals surface area contributed by atoms with Gasteiger partial charge in [-0.1, -0.05) is 26.5 Å². The molecule has 2 nitrogen and oxygen atoms in total. The van der Waals surface area contributed by atoms with Gasteiger partial charge in [0.25, 0.3) is 0 Å². The van der Waals surface area contributed by atoms with E-state index in [1.54, 1.807) is 12.3 Å². The van der Waals surface area contributed by atoms with Crippen LogP contribution in [0.4, 0.5) is 5.69 Å². The molecule has 0 fully saturated rings. The van der Waals surface area contributed by atoms with E-state index >= 15 is 0 Å². The second kappa shape index (κ2) is 3.39. The van der Waals surface area contributed by atoms with Gasteiger partial charge in [0.15, 0.2) is 0 Å². The van der Waals surface area contributed by atoms with Crippen LogP contribution in [-0.4, -0.2) is 4.98 Å². The molecule has 0 bridgehead atoms. The van der Waals surface area contributed by atoms with Gasteiger partial charge in [0, 0.05) is 11.8 Å². The average molecular weight is 162 g/mol. The zero-order valence-corrected chi connectivity index (χ0v) is 7.54. The third kappa shape index (κ3) is 1.47. The van der Waals surface area contributed by atoms with Crippen LogP contribution < -0.4 is 5.73 Å². The Kier molecular flexibility index (Phi) is 2.48. The van der Waals surface area contributed by atoms with Gasteiger partial charge in [-0.05, 0) is 12.0 Å². The molecular formula is C10H14N2. The highest BCUT2D eigenvalue weighted by Gasteiger charge is 2.06. The van der Waals surface area contributed by atoms with Gasteiger partial charge in [-0.15, -0.1) is 0 Å². The van der Waals surface area contributed by atoms with Crippen LogP contribution in [0.25, 0.3) is 6.08 Å². The minimum absolute atomic E-state index is 0.366. The number of aromatic nitrogens is 1. The third-order valence-corrected chi connectivity index (χ3v) is 1.82. The molecule has 64 valence electrons. The number of rotatable bonds is 2. The Balaban J connectivity index is 3.22. The molecule has 0 atom stereocenters. The Hall–Kier alpha value is -1.31. The molecule has 0 aromatic carbocycles. The summed E-state index contributed by atoms with van der Waals surface area (Å²) in [6, 6.07) is 1.87. The summed E-state index contributed by atoms with van der Waals surface area (Å²) in [7, 11) is 0. The smallest absolute Gasteiger partial charge is 0.0664 e. The van der Waals surface area contributed by atoms with Crippen LogP contribution in [0.15, 0.2) is 18.8 Å². The molecular weight excluding hydrogens is 148 g/mol. The number of pyridine rings is 1. The molecule has 1 heterocycles. The average Bonchev–Trinajstić information content (AvgIpc) is 2.04. The predicted molar refractivity (Wildman–Crippen MR) is 52.8 cm³/mol. The number of nitrogens with zero attached hydrogens (tertiary/aromatic N) is 1. The maximum atomic E-state index is 5.86. The van der Waals surface area contributed by atoms with Gasteiger partial charge in [0.05, 0.1) is 11.4 Å². The van der Waals surface area contributed by atoms with E-state index in [9.17, 15) is 0 Å². The quantitative estimate of drug-likeness (QED) is 0.725. The number of hydrogen-bond acceptors (Lipinski definition) is 2. The van der Waals surface area contributed by atoms with Crippen LogP contribution in [0, 0.1) is 0 Å². The van der Waals surface area contributed by atoms with Crippen molar-refractivity contribution in [3.63, 3.8) is 0 Å². The monoisotopic (exact) mass is 162 g/mol. The lowest BCUT2D eigenvalue weighted by Gasteiger charge is -2.09. The van der Waals surface area contributed by atoms with Crippen LogP contribution in [0.2, 0.25) is 0 Å². The fourth-order valence-electron chi connectivity index (χ4n) is 1.14. The molecule has 0 radical (unpaired) electrons. The van der Waals surface area contributed by atoms with Crippen LogP contribution in [0.5, 0.6) is 0 Å². The minimum atomic E-state index is 0.366. The second-order valence-corrected chi connectivity index (χ2v) is 3.06. The second-order valence-electron chi connectivity index (χ2n) is 3.06. The van der Waals surface area contributed by atoms with Gasteiger partial charge >= 0.3 is 0 Å². The number of anilines is 1. The van der Waals surface area contributed by atoms with Crippen molar-refractivity contribution in [2.75, 3.05) is 5.73 Å². The van der Waals surface area contributed by atoms with Gasteiger partial charge in [0.2, 0.25) is 0 Å². The highest BCUT2D eigenvalue weighted by Crippen LogP contribution is 2.22. The third-order valence-electron chi connectivity index (χ3n) is 1.82. The molecule has 2 N–H and O–H groups in total. The van der Waals surface area contributed by atoms with E-state index in [0.717, 1.165) is 16.9 Å². The Morgan fingerprint density at radius 1 is 1.58 bits per heavy atom. The van der Waals surface area contributed by atoms with Crippen molar-refractivity contribution < 1.29 is 0 Å². The largest absolute Gasteiger partial charge is 0.397 e. The lowest BCUT2D eigenvalue weighted by molar-refractivity contribution is 0.826. The molecule has 0 spiro atoms. The maximum absolute atomic E-state index is 5.86. The summed E-state index contributed by atoms with van der Waals surface area (Å²) in [5.41, 5.74) is 8.53. The van der Waals surface area contributed by atoms with Crippen molar-refractivity contribution in [2.45, 2.75) is 19.8 Å². The van der Waals surface area contributed by atoms with Crippen LogP contribution >= 0.6 is 0 Å². The molecule has 0 aliphatic heterocycles. The molecule has 1 aromatic rings. The molecule has 2 heteroatoms. The first-order valence-corrected chi connectivity index (χ1v) is 4.03. The van der Waals surface area contributed by atoms with Gasteiger partial charge in [-0.3, -0.25) is 4.98 Å². The molecule has 0 aliphatic rings. The Labute approximate surface area is 73.1 Å². The summed E-state index contributed by atoms with van der Waals surface area (Å²) in [4.78, 5) is 4.21. The SMILES string of the molecule is C=Cc1ccnc(C(C)C)c1N. The van der Waals surface area contributed by atoms with Gasteiger partial charge in [-0.25, -0.2) is 0 Å². The van der Waals surface area contributed by atoms with E-state index in [1.807, 2.05) is 6.07 Å². The molecule has 0 saturated heterocycles. The van der Waals surface area contributed by atoms with E-state index in [2.05, 4.69) is 25.4 Å². The maximum Gasteiger partial charge on any atom is 0.0664 e. The van der Waals surface area contributed by atoms with Crippen molar-refractivity contribution >= 4 is 11.8 Å². The first-order valence-electron chi connectivity index (χ1n) is 4.03. The van der Waals surface area contributed by atoms with Gasteiger partial charge in [0.1, 0.15) is 0 Å². The highest BCUT2D eigenvalue weighted by molar-refractivity contribution is 5.65. The number of hydrogen-bond donors (Lipinski definition) is 1. The first kappa shape index (κ1) is 8.78. The highest BCUT2D eigenvalue weighted by atomic mass is 14.7. The topological polar surface area (TPSA) is 38.9 Å². The normalized spacial score (nSPS) is 10.2. The zero-order valence-electron chi connectivity index (χ0n) is 7.54. The first-order chi connectivity index (χ1) is 5.66. The van der Waals surface area contributed by atoms with Gasteiger partial charge < -0.3 is 5.73 Å². The summed E-state index contributed by atoms with van der Waals surface area (Å²) >= 11 is 0. The van der Waals surface area contributed by atoms with Crippen LogP contribution in [0.3, 0.4) is 0 Å². The predicted octanol–water partition coefficient (Wildman–Crippen LogP) is 2.43. The molecule has 0 amide bonds. The Morgan fingerprint density at radius 3 is 2.75 bits per heavy atom. The summed E-state index contributed by atoms with van der Waals surface area (Å²) in [5, 5.41) is 0. The minimum Gasteiger partial charge on any atom is -0.397 e. The van der Waals surface area contributed by atoms with Crippen LogP contribution in [0.1, 0.15) is 31.0 Å². The standard InChI is InChI=1S/C10H14N2/c1-4-8-5-6-12-10(7(2)3)9(8)11/h4-7H,1,11H2,2-3H3. The Morgan fingerprint density at radius 2 is 2.25 bits per heavy atom. The van der Waals surface area contributed by atoms with E-state index in [1.165, 1.54) is 0 Å². The van der Waals surface area contributed by atoms with Crippen molar-refractivity contribution in [1.29, 1.82) is 0 Å². The Bertz CT molecular complexity index is 290. The summed E-state index contributed by atoms with van der Waals surface area (Å²) in [5.74, 6) is 0.366. The lowest BCUT2D eigenvalue weighted by Crippen LogP contribution is -2.01. The molecule has 1 aromatic heterocycles. The van der Waals surface area contributed by atoms with E-state index < -0.39 is 0 Å². The van der Waals surface area contributed by atoms with Crippen molar-refractivity contribution in [2.24, 2.45) is 0 Å². The molecule has 0 saturated carbocycles. The lowest BCUT2D eigenvalue weighted by atomic mass is 10.0. The zero-order chi connectivity index (χ0) is 9.14. The van der Waals surface area contributed by atoms with E-state index in [0.29, 0.717) is 5.92 Å². The van der Waals surface area contributed by atoms with E-state index in [4.69, 9.17) is 5.73 Å². The van der Waals surface area contributed by atoms with Crippen molar-refractivity contribution in [3.05, 3.63) is 30.1 Å².